The zero-order valence-electron chi connectivity index (χ0n) is 15.5. The van der Waals surface area contributed by atoms with Gasteiger partial charge in [-0.3, -0.25) is 4.98 Å². The normalized spacial score (nSPS) is 21.2. The third kappa shape index (κ3) is 3.06. The Morgan fingerprint density at radius 1 is 1.16 bits per heavy atom. The molecule has 1 N–H and O–H groups in total. The monoisotopic (exact) mass is 335 g/mol. The maximum absolute atomic E-state index is 4.35. The number of aromatic nitrogens is 1. The lowest BCUT2D eigenvalue weighted by atomic mass is 9.77. The lowest BCUT2D eigenvalue weighted by Gasteiger charge is -2.38. The van der Waals surface area contributed by atoms with Crippen molar-refractivity contribution in [3.63, 3.8) is 0 Å². The number of pyridine rings is 1. The molecule has 0 spiro atoms. The van der Waals surface area contributed by atoms with E-state index in [1.807, 2.05) is 18.5 Å². The first-order valence-corrected chi connectivity index (χ1v) is 9.85. The van der Waals surface area contributed by atoms with Crippen LogP contribution in [0.4, 0.5) is 5.69 Å². The van der Waals surface area contributed by atoms with E-state index in [2.05, 4.69) is 47.2 Å². The largest absolute Gasteiger partial charge is 0.384 e. The van der Waals surface area contributed by atoms with Crippen LogP contribution in [-0.2, 0) is 6.42 Å². The van der Waals surface area contributed by atoms with Crippen molar-refractivity contribution in [1.82, 2.24) is 9.88 Å². The molecule has 2 aliphatic rings. The summed E-state index contributed by atoms with van der Waals surface area (Å²) in [5, 5.41) is 3.65. The first kappa shape index (κ1) is 16.6. The molecule has 0 radical (unpaired) electrons. The van der Waals surface area contributed by atoms with E-state index in [0.717, 1.165) is 6.54 Å². The second-order valence-corrected chi connectivity index (χ2v) is 7.50. The molecule has 0 saturated heterocycles. The van der Waals surface area contributed by atoms with Crippen LogP contribution in [0.2, 0.25) is 0 Å². The number of nitrogens with zero attached hydrogens (tertiary/aromatic N) is 2. The molecular weight excluding hydrogens is 306 g/mol. The molecule has 132 valence electrons. The van der Waals surface area contributed by atoms with Gasteiger partial charge in [-0.25, -0.2) is 0 Å². The Labute approximate surface area is 151 Å². The van der Waals surface area contributed by atoms with Crippen molar-refractivity contribution in [3.05, 3.63) is 47.8 Å². The highest BCUT2D eigenvalue weighted by Gasteiger charge is 2.36. The van der Waals surface area contributed by atoms with Crippen LogP contribution in [0, 0.1) is 0 Å². The van der Waals surface area contributed by atoms with Gasteiger partial charge in [0.1, 0.15) is 0 Å². The Hall–Kier alpha value is -1.87. The van der Waals surface area contributed by atoms with Gasteiger partial charge >= 0.3 is 0 Å². The molecule has 2 heterocycles. The Morgan fingerprint density at radius 3 is 2.72 bits per heavy atom. The smallest absolute Gasteiger partial charge is 0.0379 e. The molecule has 0 saturated carbocycles. The predicted molar refractivity (Wildman–Crippen MR) is 105 cm³/mol. The van der Waals surface area contributed by atoms with E-state index in [-0.39, 0.29) is 0 Å². The van der Waals surface area contributed by atoms with Crippen LogP contribution in [0.15, 0.2) is 36.7 Å². The third-order valence-electron chi connectivity index (χ3n) is 5.81. The topological polar surface area (TPSA) is 28.2 Å². The summed E-state index contributed by atoms with van der Waals surface area (Å²) < 4.78 is 0. The van der Waals surface area contributed by atoms with Crippen LogP contribution in [0.25, 0.3) is 11.1 Å². The summed E-state index contributed by atoms with van der Waals surface area (Å²) in [7, 11) is 0. The summed E-state index contributed by atoms with van der Waals surface area (Å²) in [6, 6.07) is 9.49. The average Bonchev–Trinajstić information content (AvgIpc) is 3.07. The molecule has 0 amide bonds. The number of benzene rings is 1. The Bertz CT molecular complexity index is 720. The minimum atomic E-state index is 0.664. The molecule has 2 unspecified atom stereocenters. The molecular formula is C22H29N3. The van der Waals surface area contributed by atoms with Gasteiger partial charge in [0.15, 0.2) is 0 Å². The van der Waals surface area contributed by atoms with E-state index in [9.17, 15) is 0 Å². The Kier molecular flexibility index (Phi) is 4.76. The van der Waals surface area contributed by atoms with E-state index >= 15 is 0 Å². The van der Waals surface area contributed by atoms with E-state index in [0.29, 0.717) is 12.0 Å². The number of anilines is 1. The molecule has 25 heavy (non-hydrogen) atoms. The fourth-order valence-electron chi connectivity index (χ4n) is 4.81. The molecule has 1 aliphatic heterocycles. The zero-order chi connectivity index (χ0) is 17.2. The van der Waals surface area contributed by atoms with Gasteiger partial charge in [0.05, 0.1) is 0 Å². The van der Waals surface area contributed by atoms with E-state index < -0.39 is 0 Å². The Balaban J connectivity index is 1.74. The van der Waals surface area contributed by atoms with Crippen LogP contribution >= 0.6 is 0 Å². The van der Waals surface area contributed by atoms with E-state index in [1.165, 1.54) is 55.6 Å². The van der Waals surface area contributed by atoms with Gasteiger partial charge in [-0.1, -0.05) is 26.0 Å². The number of hydrogen-bond donors (Lipinski definition) is 1. The van der Waals surface area contributed by atoms with Crippen molar-refractivity contribution in [2.24, 2.45) is 0 Å². The molecule has 4 rings (SSSR count). The van der Waals surface area contributed by atoms with Crippen LogP contribution in [0.5, 0.6) is 0 Å². The van der Waals surface area contributed by atoms with Crippen LogP contribution in [-0.4, -0.2) is 35.6 Å². The van der Waals surface area contributed by atoms with Gasteiger partial charge < -0.3 is 10.2 Å². The van der Waals surface area contributed by atoms with Crippen LogP contribution < -0.4 is 5.32 Å². The first-order chi connectivity index (χ1) is 12.3. The van der Waals surface area contributed by atoms with Crippen molar-refractivity contribution in [3.8, 4) is 11.1 Å². The van der Waals surface area contributed by atoms with Gasteiger partial charge in [-0.05, 0) is 67.6 Å². The molecule has 3 nitrogen and oxygen atoms in total. The quantitative estimate of drug-likeness (QED) is 0.830. The number of hydrogen-bond acceptors (Lipinski definition) is 3. The van der Waals surface area contributed by atoms with Gasteiger partial charge in [-0.15, -0.1) is 0 Å². The summed E-state index contributed by atoms with van der Waals surface area (Å²) in [6.45, 7) is 8.14. The fourth-order valence-corrected chi connectivity index (χ4v) is 4.81. The SMILES string of the molecule is CCCN(CCC)C1Cc2c(-c3cccnc3)ccc3c2C(CN3)C1. The van der Waals surface area contributed by atoms with Gasteiger partial charge in [0, 0.05) is 42.1 Å². The average molecular weight is 335 g/mol. The maximum atomic E-state index is 4.35. The van der Waals surface area contributed by atoms with Crippen molar-refractivity contribution in [2.75, 3.05) is 25.0 Å². The second kappa shape index (κ2) is 7.17. The van der Waals surface area contributed by atoms with Crippen molar-refractivity contribution in [2.45, 2.75) is 51.5 Å². The fraction of sp³-hybridized carbons (Fsp3) is 0.500. The second-order valence-electron chi connectivity index (χ2n) is 7.50. The van der Waals surface area contributed by atoms with Crippen molar-refractivity contribution in [1.29, 1.82) is 0 Å². The minimum absolute atomic E-state index is 0.664. The molecule has 2 aromatic rings. The van der Waals surface area contributed by atoms with Crippen molar-refractivity contribution < 1.29 is 0 Å². The highest BCUT2D eigenvalue weighted by atomic mass is 15.2. The number of nitrogens with one attached hydrogen (secondary N) is 1. The zero-order valence-corrected chi connectivity index (χ0v) is 15.5. The first-order valence-electron chi connectivity index (χ1n) is 9.85. The van der Waals surface area contributed by atoms with Crippen molar-refractivity contribution >= 4 is 5.69 Å². The summed E-state index contributed by atoms with van der Waals surface area (Å²) in [4.78, 5) is 7.09. The number of rotatable bonds is 6. The lowest BCUT2D eigenvalue weighted by Crippen LogP contribution is -2.41. The molecule has 1 aliphatic carbocycles. The summed E-state index contributed by atoms with van der Waals surface area (Å²) >= 11 is 0. The van der Waals surface area contributed by atoms with Crippen LogP contribution in [0.1, 0.15) is 50.2 Å². The van der Waals surface area contributed by atoms with Crippen LogP contribution in [0.3, 0.4) is 0 Å². The lowest BCUT2D eigenvalue weighted by molar-refractivity contribution is 0.173. The molecule has 3 heteroatoms. The maximum Gasteiger partial charge on any atom is 0.0379 e. The third-order valence-corrected chi connectivity index (χ3v) is 5.81. The minimum Gasteiger partial charge on any atom is -0.384 e. The van der Waals surface area contributed by atoms with E-state index in [4.69, 9.17) is 0 Å². The van der Waals surface area contributed by atoms with Gasteiger partial charge in [0.25, 0.3) is 0 Å². The summed E-state index contributed by atoms with van der Waals surface area (Å²) in [5.74, 6) is 0.664. The summed E-state index contributed by atoms with van der Waals surface area (Å²) in [5.41, 5.74) is 7.16. The molecule has 2 atom stereocenters. The Morgan fingerprint density at radius 2 is 2.00 bits per heavy atom. The highest BCUT2D eigenvalue weighted by Crippen LogP contribution is 2.46. The molecule has 1 aromatic carbocycles. The van der Waals surface area contributed by atoms with Gasteiger partial charge in [0.2, 0.25) is 0 Å². The van der Waals surface area contributed by atoms with E-state index in [1.54, 1.807) is 11.1 Å². The summed E-state index contributed by atoms with van der Waals surface area (Å²) in [6.07, 6.45) is 8.81. The molecule has 0 fully saturated rings. The highest BCUT2D eigenvalue weighted by molar-refractivity contribution is 5.76. The van der Waals surface area contributed by atoms with Gasteiger partial charge in [-0.2, -0.15) is 0 Å². The molecule has 1 aromatic heterocycles. The standard InChI is InChI=1S/C22H29N3/c1-3-10-25(11-4-2)18-12-17-15-24-21-8-7-19(20(13-18)22(17)21)16-6-5-9-23-14-16/h5-9,14,17-18,24H,3-4,10-13,15H2,1-2H3. The predicted octanol–water partition coefficient (Wildman–Crippen LogP) is 4.69. The molecule has 0 bridgehead atoms.